The van der Waals surface area contributed by atoms with Crippen LogP contribution in [0.2, 0.25) is 0 Å². The molecule has 1 atom stereocenters. The Balaban J connectivity index is 2.86. The molecule has 0 spiro atoms. The molecule has 0 aliphatic heterocycles. The third-order valence-corrected chi connectivity index (χ3v) is 2.23. The molecule has 1 rings (SSSR count). The Kier molecular flexibility index (Phi) is 4.37. The minimum Gasteiger partial charge on any atom is -0.489 e. The van der Waals surface area contributed by atoms with Gasteiger partial charge in [0, 0.05) is 11.6 Å². The van der Waals surface area contributed by atoms with Gasteiger partial charge in [0.15, 0.2) is 0 Å². The van der Waals surface area contributed by atoms with Gasteiger partial charge in [-0.05, 0) is 32.4 Å². The lowest BCUT2D eigenvalue weighted by Crippen LogP contribution is -2.08. The topological polar surface area (TPSA) is 35.2 Å². The molecule has 2 N–H and O–H groups in total. The van der Waals surface area contributed by atoms with Gasteiger partial charge in [-0.15, -0.1) is 0 Å². The predicted octanol–water partition coefficient (Wildman–Crippen LogP) is 2.97. The van der Waals surface area contributed by atoms with E-state index >= 15 is 0 Å². The molecule has 0 bridgehead atoms. The normalized spacial score (nSPS) is 13.1. The van der Waals surface area contributed by atoms with Crippen LogP contribution in [-0.2, 0) is 0 Å². The van der Waals surface area contributed by atoms with Crippen LogP contribution in [0.4, 0.5) is 0 Å². The monoisotopic (exact) mass is 205 g/mol. The highest BCUT2D eigenvalue weighted by molar-refractivity contribution is 5.39. The summed E-state index contributed by atoms with van der Waals surface area (Å²) in [5.41, 5.74) is 8.12. The number of aryl methyl sites for hydroxylation is 1. The molecule has 0 aliphatic rings. The van der Waals surface area contributed by atoms with Gasteiger partial charge in [0.1, 0.15) is 12.4 Å². The zero-order chi connectivity index (χ0) is 11.3. The second kappa shape index (κ2) is 5.56. The van der Waals surface area contributed by atoms with E-state index in [2.05, 4.69) is 6.07 Å². The molecule has 2 heteroatoms. The summed E-state index contributed by atoms with van der Waals surface area (Å²) >= 11 is 0. The van der Waals surface area contributed by atoms with Gasteiger partial charge in [-0.3, -0.25) is 0 Å². The number of nitrogens with two attached hydrogens (primary N) is 1. The van der Waals surface area contributed by atoms with Gasteiger partial charge in [-0.1, -0.05) is 24.3 Å². The highest BCUT2D eigenvalue weighted by atomic mass is 16.5. The molecule has 0 saturated heterocycles. The van der Waals surface area contributed by atoms with E-state index in [1.54, 1.807) is 0 Å². The van der Waals surface area contributed by atoms with E-state index in [4.69, 9.17) is 10.5 Å². The standard InChI is InChI=1S/C13H19NO/c1-4-5-8-15-13-9-10(2)6-7-12(13)11(3)14/h4-7,9,11H,8,14H2,1-3H3/t11-/m0/s1. The van der Waals surface area contributed by atoms with Crippen LogP contribution >= 0.6 is 0 Å². The summed E-state index contributed by atoms with van der Waals surface area (Å²) in [5, 5.41) is 0. The minimum absolute atomic E-state index is 0.00575. The van der Waals surface area contributed by atoms with E-state index < -0.39 is 0 Å². The molecule has 0 unspecified atom stereocenters. The predicted molar refractivity (Wildman–Crippen MR) is 64.1 cm³/mol. The lowest BCUT2D eigenvalue weighted by molar-refractivity contribution is 0.356. The molecular formula is C13H19NO. The van der Waals surface area contributed by atoms with Crippen molar-refractivity contribution in [3.63, 3.8) is 0 Å². The highest BCUT2D eigenvalue weighted by Crippen LogP contribution is 2.24. The average Bonchev–Trinajstić information content (AvgIpc) is 2.18. The zero-order valence-corrected chi connectivity index (χ0v) is 9.66. The molecule has 15 heavy (non-hydrogen) atoms. The summed E-state index contributed by atoms with van der Waals surface area (Å²) in [6, 6.07) is 6.13. The van der Waals surface area contributed by atoms with Crippen molar-refractivity contribution >= 4 is 0 Å². The SMILES string of the molecule is CC=CCOc1cc(C)ccc1[C@H](C)N. The molecule has 1 aromatic rings. The molecule has 0 radical (unpaired) electrons. The van der Waals surface area contributed by atoms with Crippen LogP contribution in [0.5, 0.6) is 5.75 Å². The fraction of sp³-hybridized carbons (Fsp3) is 0.385. The van der Waals surface area contributed by atoms with E-state index in [9.17, 15) is 0 Å². The van der Waals surface area contributed by atoms with Gasteiger partial charge in [0.25, 0.3) is 0 Å². The number of hydrogen-bond acceptors (Lipinski definition) is 2. The second-order valence-corrected chi connectivity index (χ2v) is 3.71. The van der Waals surface area contributed by atoms with Crippen molar-refractivity contribution in [1.82, 2.24) is 0 Å². The second-order valence-electron chi connectivity index (χ2n) is 3.71. The average molecular weight is 205 g/mol. The van der Waals surface area contributed by atoms with Crippen molar-refractivity contribution in [1.29, 1.82) is 0 Å². The number of benzene rings is 1. The lowest BCUT2D eigenvalue weighted by atomic mass is 10.1. The first-order valence-electron chi connectivity index (χ1n) is 5.25. The molecule has 2 nitrogen and oxygen atoms in total. The van der Waals surface area contributed by atoms with Crippen molar-refractivity contribution in [3.05, 3.63) is 41.5 Å². The van der Waals surface area contributed by atoms with Gasteiger partial charge in [-0.2, -0.15) is 0 Å². The maximum atomic E-state index is 5.87. The van der Waals surface area contributed by atoms with Gasteiger partial charge in [0.2, 0.25) is 0 Å². The largest absolute Gasteiger partial charge is 0.489 e. The lowest BCUT2D eigenvalue weighted by Gasteiger charge is -2.13. The summed E-state index contributed by atoms with van der Waals surface area (Å²) in [5.74, 6) is 0.892. The molecule has 0 saturated carbocycles. The first kappa shape index (κ1) is 11.8. The van der Waals surface area contributed by atoms with Gasteiger partial charge >= 0.3 is 0 Å². The number of ether oxygens (including phenoxy) is 1. The maximum Gasteiger partial charge on any atom is 0.124 e. The Morgan fingerprint density at radius 2 is 2.20 bits per heavy atom. The van der Waals surface area contributed by atoms with Crippen LogP contribution in [0, 0.1) is 6.92 Å². The third-order valence-electron chi connectivity index (χ3n) is 2.23. The van der Waals surface area contributed by atoms with Crippen molar-refractivity contribution in [2.45, 2.75) is 26.8 Å². The number of rotatable bonds is 4. The first-order valence-corrected chi connectivity index (χ1v) is 5.25. The van der Waals surface area contributed by atoms with Crippen molar-refractivity contribution in [2.75, 3.05) is 6.61 Å². The van der Waals surface area contributed by atoms with E-state index in [1.807, 2.05) is 45.1 Å². The Bertz CT molecular complexity index is 342. The fourth-order valence-electron chi connectivity index (χ4n) is 1.38. The Morgan fingerprint density at radius 1 is 1.47 bits per heavy atom. The van der Waals surface area contributed by atoms with Crippen molar-refractivity contribution < 1.29 is 4.74 Å². The molecule has 0 aromatic heterocycles. The summed E-state index contributed by atoms with van der Waals surface area (Å²) in [4.78, 5) is 0. The Hall–Kier alpha value is -1.28. The summed E-state index contributed by atoms with van der Waals surface area (Å²) < 4.78 is 5.65. The first-order chi connectivity index (χ1) is 7.15. The Morgan fingerprint density at radius 3 is 2.80 bits per heavy atom. The summed E-state index contributed by atoms with van der Waals surface area (Å²) in [6.45, 7) is 6.59. The molecule has 0 fully saturated rings. The van der Waals surface area contributed by atoms with E-state index in [0.717, 1.165) is 11.3 Å². The van der Waals surface area contributed by atoms with Crippen molar-refractivity contribution in [3.8, 4) is 5.75 Å². The van der Waals surface area contributed by atoms with E-state index in [-0.39, 0.29) is 6.04 Å². The number of allylic oxidation sites excluding steroid dienone is 1. The van der Waals surface area contributed by atoms with Crippen LogP contribution < -0.4 is 10.5 Å². The molecule has 0 amide bonds. The summed E-state index contributed by atoms with van der Waals surface area (Å²) in [6.07, 6.45) is 3.95. The Labute approximate surface area is 91.7 Å². The van der Waals surface area contributed by atoms with Crippen molar-refractivity contribution in [2.24, 2.45) is 5.73 Å². The van der Waals surface area contributed by atoms with Crippen LogP contribution in [0.1, 0.15) is 31.0 Å². The summed E-state index contributed by atoms with van der Waals surface area (Å²) in [7, 11) is 0. The van der Waals surface area contributed by atoms with Gasteiger partial charge in [-0.25, -0.2) is 0 Å². The maximum absolute atomic E-state index is 5.87. The quantitative estimate of drug-likeness (QED) is 0.767. The molecule has 82 valence electrons. The van der Waals surface area contributed by atoms with E-state index in [1.165, 1.54) is 5.56 Å². The van der Waals surface area contributed by atoms with Gasteiger partial charge in [0.05, 0.1) is 0 Å². The van der Waals surface area contributed by atoms with Gasteiger partial charge < -0.3 is 10.5 Å². The molecule has 0 heterocycles. The zero-order valence-electron chi connectivity index (χ0n) is 9.66. The molecular weight excluding hydrogens is 186 g/mol. The van der Waals surface area contributed by atoms with Crippen LogP contribution in [0.15, 0.2) is 30.4 Å². The van der Waals surface area contributed by atoms with Crippen LogP contribution in [0.25, 0.3) is 0 Å². The third kappa shape index (κ3) is 3.40. The highest BCUT2D eigenvalue weighted by Gasteiger charge is 2.07. The fourth-order valence-corrected chi connectivity index (χ4v) is 1.38. The van der Waals surface area contributed by atoms with E-state index in [0.29, 0.717) is 6.61 Å². The van der Waals surface area contributed by atoms with Crippen LogP contribution in [-0.4, -0.2) is 6.61 Å². The minimum atomic E-state index is 0.00575. The smallest absolute Gasteiger partial charge is 0.124 e. The van der Waals surface area contributed by atoms with Crippen LogP contribution in [0.3, 0.4) is 0 Å². The molecule has 1 aromatic carbocycles. The molecule has 0 aliphatic carbocycles. The number of hydrogen-bond donors (Lipinski definition) is 1.